The number of nitrogens with one attached hydrogen (secondary N) is 1. The molecule has 21 heavy (non-hydrogen) atoms. The minimum Gasteiger partial charge on any atom is -0.352 e. The molecular formula is C15H23ClF3NO. The number of alkyl halides is 4. The maximum absolute atomic E-state index is 12.6. The first-order valence-corrected chi connectivity index (χ1v) is 8.32. The van der Waals surface area contributed by atoms with E-state index in [1.807, 2.05) is 0 Å². The van der Waals surface area contributed by atoms with Gasteiger partial charge in [0.2, 0.25) is 5.91 Å². The van der Waals surface area contributed by atoms with Crippen molar-refractivity contribution < 1.29 is 18.0 Å². The average molecular weight is 326 g/mol. The summed E-state index contributed by atoms with van der Waals surface area (Å²) in [6, 6.07) is -0.0259. The summed E-state index contributed by atoms with van der Waals surface area (Å²) in [6.07, 6.45) is 1.70. The van der Waals surface area contributed by atoms with Crippen molar-refractivity contribution in [1.82, 2.24) is 5.32 Å². The maximum atomic E-state index is 12.6. The molecule has 0 saturated heterocycles. The molecule has 0 aromatic carbocycles. The van der Waals surface area contributed by atoms with Crippen molar-refractivity contribution in [2.24, 2.45) is 11.8 Å². The molecule has 2 aliphatic rings. The number of hydrogen-bond acceptors (Lipinski definition) is 1. The van der Waals surface area contributed by atoms with E-state index in [4.69, 9.17) is 11.6 Å². The smallest absolute Gasteiger partial charge is 0.352 e. The largest absolute Gasteiger partial charge is 0.391 e. The van der Waals surface area contributed by atoms with E-state index in [1.54, 1.807) is 0 Å². The fourth-order valence-electron chi connectivity index (χ4n) is 3.41. The molecule has 0 aliphatic heterocycles. The lowest BCUT2D eigenvalue weighted by molar-refractivity contribution is -0.184. The van der Waals surface area contributed by atoms with Crippen LogP contribution >= 0.6 is 11.6 Å². The van der Waals surface area contributed by atoms with Gasteiger partial charge in [0.05, 0.1) is 11.3 Å². The van der Waals surface area contributed by atoms with Gasteiger partial charge in [-0.1, -0.05) is 19.3 Å². The number of carbonyl (C=O) groups excluding carboxylic acids is 1. The highest BCUT2D eigenvalue weighted by atomic mass is 35.5. The molecule has 0 radical (unpaired) electrons. The Labute approximate surface area is 128 Å². The first-order chi connectivity index (χ1) is 9.88. The van der Waals surface area contributed by atoms with Gasteiger partial charge in [-0.05, 0) is 38.5 Å². The van der Waals surface area contributed by atoms with Crippen molar-refractivity contribution in [3.05, 3.63) is 0 Å². The number of rotatable bonds is 2. The van der Waals surface area contributed by atoms with Gasteiger partial charge in [0.1, 0.15) is 0 Å². The van der Waals surface area contributed by atoms with E-state index < -0.39 is 12.1 Å². The Morgan fingerprint density at radius 3 is 2.19 bits per heavy atom. The van der Waals surface area contributed by atoms with Crippen LogP contribution in [0.4, 0.5) is 13.2 Å². The maximum Gasteiger partial charge on any atom is 0.391 e. The van der Waals surface area contributed by atoms with Gasteiger partial charge in [-0.15, -0.1) is 11.6 Å². The summed E-state index contributed by atoms with van der Waals surface area (Å²) in [4.78, 5) is 12.2. The molecule has 0 aromatic rings. The lowest BCUT2D eigenvalue weighted by Gasteiger charge is -2.30. The minimum atomic E-state index is -4.12. The van der Waals surface area contributed by atoms with Gasteiger partial charge in [0, 0.05) is 12.0 Å². The summed E-state index contributed by atoms with van der Waals surface area (Å²) in [6.45, 7) is 0. The van der Waals surface area contributed by atoms with Crippen molar-refractivity contribution in [2.45, 2.75) is 75.4 Å². The number of hydrogen-bond donors (Lipinski definition) is 1. The van der Waals surface area contributed by atoms with Crippen molar-refractivity contribution in [1.29, 1.82) is 0 Å². The Bertz CT molecular complexity index is 353. The molecule has 1 amide bonds. The molecule has 2 unspecified atom stereocenters. The summed E-state index contributed by atoms with van der Waals surface area (Å²) in [7, 11) is 0. The van der Waals surface area contributed by atoms with Crippen LogP contribution < -0.4 is 5.32 Å². The molecule has 1 N–H and O–H groups in total. The lowest BCUT2D eigenvalue weighted by atomic mass is 9.81. The number of halogens is 4. The zero-order valence-corrected chi connectivity index (χ0v) is 12.8. The minimum absolute atomic E-state index is 0.0259. The van der Waals surface area contributed by atoms with Gasteiger partial charge >= 0.3 is 6.18 Å². The van der Waals surface area contributed by atoms with Gasteiger partial charge in [0.25, 0.3) is 0 Å². The third-order valence-corrected chi connectivity index (χ3v) is 5.34. The second-order valence-electron chi connectivity index (χ2n) is 6.36. The Hall–Kier alpha value is -0.450. The lowest BCUT2D eigenvalue weighted by Crippen LogP contribution is -2.44. The first kappa shape index (κ1) is 16.9. The molecule has 0 bridgehead atoms. The monoisotopic (exact) mass is 325 g/mol. The quantitative estimate of drug-likeness (QED) is 0.591. The fraction of sp³-hybridized carbons (Fsp3) is 0.933. The van der Waals surface area contributed by atoms with Gasteiger partial charge in [-0.3, -0.25) is 4.79 Å². The van der Waals surface area contributed by atoms with E-state index in [0.717, 1.165) is 32.1 Å². The zero-order chi connectivity index (χ0) is 15.5. The van der Waals surface area contributed by atoms with Crippen molar-refractivity contribution in [3.8, 4) is 0 Å². The first-order valence-electron chi connectivity index (χ1n) is 7.89. The average Bonchev–Trinajstić information content (AvgIpc) is 2.63. The van der Waals surface area contributed by atoms with Crippen LogP contribution in [0.25, 0.3) is 0 Å². The molecule has 2 fully saturated rings. The second-order valence-corrected chi connectivity index (χ2v) is 6.92. The molecule has 0 spiro atoms. The fourth-order valence-corrected chi connectivity index (χ4v) is 3.75. The van der Waals surface area contributed by atoms with Crippen molar-refractivity contribution in [3.63, 3.8) is 0 Å². The van der Waals surface area contributed by atoms with Gasteiger partial charge in [-0.2, -0.15) is 13.2 Å². The second kappa shape index (κ2) is 7.21. The molecule has 2 rings (SSSR count). The summed E-state index contributed by atoms with van der Waals surface area (Å²) in [5.74, 6) is -1.62. The predicted molar refractivity (Wildman–Crippen MR) is 76.2 cm³/mol. The van der Waals surface area contributed by atoms with E-state index in [0.29, 0.717) is 12.8 Å². The third-order valence-electron chi connectivity index (χ3n) is 4.82. The summed E-state index contributed by atoms with van der Waals surface area (Å²) < 4.78 is 37.9. The Balaban J connectivity index is 1.81. The predicted octanol–water partition coefficient (Wildman–Crippen LogP) is 4.41. The normalized spacial score (nSPS) is 35.0. The van der Waals surface area contributed by atoms with Crippen LogP contribution in [-0.4, -0.2) is 23.5 Å². The standard InChI is InChI=1S/C15H23ClF3NO/c16-12-4-2-1-3-5-13(12)20-14(21)10-6-8-11(9-7-10)15(17,18)19/h10-13H,1-9H2,(H,20,21). The van der Waals surface area contributed by atoms with E-state index in [9.17, 15) is 18.0 Å². The van der Waals surface area contributed by atoms with E-state index >= 15 is 0 Å². The van der Waals surface area contributed by atoms with Crippen molar-refractivity contribution in [2.75, 3.05) is 0 Å². The van der Waals surface area contributed by atoms with Gasteiger partial charge < -0.3 is 5.32 Å². The van der Waals surface area contributed by atoms with Crippen LogP contribution in [0.2, 0.25) is 0 Å². The highest BCUT2D eigenvalue weighted by molar-refractivity contribution is 6.21. The molecule has 2 nitrogen and oxygen atoms in total. The molecule has 0 heterocycles. The van der Waals surface area contributed by atoms with Crippen LogP contribution in [0.5, 0.6) is 0 Å². The number of amides is 1. The van der Waals surface area contributed by atoms with Crippen LogP contribution in [0, 0.1) is 11.8 Å². The SMILES string of the molecule is O=C(NC1CCCCCC1Cl)C1CCC(C(F)(F)F)CC1. The third kappa shape index (κ3) is 4.76. The highest BCUT2D eigenvalue weighted by Crippen LogP contribution is 2.39. The summed E-state index contributed by atoms with van der Waals surface area (Å²) in [5, 5.41) is 2.93. The van der Waals surface area contributed by atoms with Gasteiger partial charge in [-0.25, -0.2) is 0 Å². The zero-order valence-electron chi connectivity index (χ0n) is 12.1. The summed E-state index contributed by atoms with van der Waals surface area (Å²) in [5.41, 5.74) is 0. The van der Waals surface area contributed by atoms with Crippen LogP contribution in [0.3, 0.4) is 0 Å². The van der Waals surface area contributed by atoms with E-state index in [2.05, 4.69) is 5.32 Å². The Kier molecular flexibility index (Phi) is 5.81. The topological polar surface area (TPSA) is 29.1 Å². The molecule has 2 aliphatic carbocycles. The molecule has 6 heteroatoms. The summed E-state index contributed by atoms with van der Waals surface area (Å²) >= 11 is 6.29. The van der Waals surface area contributed by atoms with E-state index in [-0.39, 0.29) is 36.1 Å². The molecular weight excluding hydrogens is 303 g/mol. The Morgan fingerprint density at radius 2 is 1.57 bits per heavy atom. The highest BCUT2D eigenvalue weighted by Gasteiger charge is 2.42. The molecule has 2 atom stereocenters. The van der Waals surface area contributed by atoms with E-state index in [1.165, 1.54) is 0 Å². The van der Waals surface area contributed by atoms with Crippen molar-refractivity contribution >= 4 is 17.5 Å². The van der Waals surface area contributed by atoms with Crippen LogP contribution in [0.1, 0.15) is 57.8 Å². The van der Waals surface area contributed by atoms with Crippen LogP contribution in [0.15, 0.2) is 0 Å². The molecule has 2 saturated carbocycles. The molecule has 0 aromatic heterocycles. The van der Waals surface area contributed by atoms with Gasteiger partial charge in [0.15, 0.2) is 0 Å². The Morgan fingerprint density at radius 1 is 0.952 bits per heavy atom. The molecule has 122 valence electrons. The van der Waals surface area contributed by atoms with Crippen LogP contribution in [-0.2, 0) is 4.79 Å². The number of carbonyl (C=O) groups is 1.